The van der Waals surface area contributed by atoms with Gasteiger partial charge >= 0.3 is 0 Å². The van der Waals surface area contributed by atoms with Crippen molar-refractivity contribution in [2.75, 3.05) is 20.3 Å². The van der Waals surface area contributed by atoms with Gasteiger partial charge < -0.3 is 15.2 Å². The lowest BCUT2D eigenvalue weighted by molar-refractivity contribution is -0.123. The molecule has 0 aromatic heterocycles. The van der Waals surface area contributed by atoms with E-state index >= 15 is 0 Å². The molecule has 1 saturated carbocycles. The van der Waals surface area contributed by atoms with Crippen LogP contribution in [0.25, 0.3) is 0 Å². The summed E-state index contributed by atoms with van der Waals surface area (Å²) in [7, 11) is 1.65. The van der Waals surface area contributed by atoms with Crippen LogP contribution in [0, 0.1) is 12.8 Å². The fraction of sp³-hybridized carbons (Fsp3) is 0.562. The van der Waals surface area contributed by atoms with Crippen molar-refractivity contribution in [1.29, 1.82) is 0 Å². The van der Waals surface area contributed by atoms with Crippen LogP contribution in [0.1, 0.15) is 30.9 Å². The predicted molar refractivity (Wildman–Crippen MR) is 77.9 cm³/mol. The summed E-state index contributed by atoms with van der Waals surface area (Å²) in [6, 6.07) is 5.98. The van der Waals surface area contributed by atoms with Gasteiger partial charge in [-0.1, -0.05) is 19.1 Å². The minimum atomic E-state index is -0.393. The largest absolute Gasteiger partial charge is 0.496 e. The molecule has 4 nitrogen and oxygen atoms in total. The number of aliphatic hydroxyl groups excluding tert-OH is 1. The number of aliphatic hydroxyl groups is 1. The van der Waals surface area contributed by atoms with Crippen molar-refractivity contribution in [3.8, 4) is 5.75 Å². The Balaban J connectivity index is 2.12. The number of rotatable bonds is 6. The summed E-state index contributed by atoms with van der Waals surface area (Å²) in [6.45, 7) is 4.51. The Morgan fingerprint density at radius 1 is 1.50 bits per heavy atom. The molecule has 0 radical (unpaired) electrons. The first kappa shape index (κ1) is 14.9. The average Bonchev–Trinajstić information content (AvgIpc) is 3.26. The maximum Gasteiger partial charge on any atom is 0.230 e. The fourth-order valence-electron chi connectivity index (χ4n) is 2.39. The van der Waals surface area contributed by atoms with Crippen LogP contribution < -0.4 is 10.1 Å². The number of amides is 1. The highest BCUT2D eigenvalue weighted by atomic mass is 16.5. The lowest BCUT2D eigenvalue weighted by Crippen LogP contribution is -2.37. The highest BCUT2D eigenvalue weighted by Crippen LogP contribution is 2.49. The van der Waals surface area contributed by atoms with Crippen molar-refractivity contribution in [2.45, 2.75) is 32.1 Å². The van der Waals surface area contributed by atoms with Gasteiger partial charge in [0.25, 0.3) is 0 Å². The molecule has 0 aliphatic heterocycles. The average molecular weight is 277 g/mol. The van der Waals surface area contributed by atoms with E-state index in [1.807, 2.05) is 32.0 Å². The van der Waals surface area contributed by atoms with Crippen LogP contribution in [-0.2, 0) is 10.2 Å². The normalized spacial score (nSPS) is 17.4. The van der Waals surface area contributed by atoms with Gasteiger partial charge in [0.15, 0.2) is 0 Å². The van der Waals surface area contributed by atoms with Gasteiger partial charge in [0.2, 0.25) is 5.91 Å². The Morgan fingerprint density at radius 2 is 2.20 bits per heavy atom. The van der Waals surface area contributed by atoms with Gasteiger partial charge in [-0.05, 0) is 42.9 Å². The number of nitrogens with one attached hydrogen (secondary N) is 1. The Bertz CT molecular complexity index is 494. The Labute approximate surface area is 120 Å². The summed E-state index contributed by atoms with van der Waals surface area (Å²) in [5.74, 6) is 0.969. The quantitative estimate of drug-likeness (QED) is 0.833. The second kappa shape index (κ2) is 5.83. The van der Waals surface area contributed by atoms with Gasteiger partial charge in [-0.3, -0.25) is 4.79 Å². The zero-order valence-corrected chi connectivity index (χ0v) is 12.4. The van der Waals surface area contributed by atoms with Crippen LogP contribution in [0.3, 0.4) is 0 Å². The van der Waals surface area contributed by atoms with Crippen molar-refractivity contribution in [2.24, 2.45) is 5.92 Å². The van der Waals surface area contributed by atoms with Crippen molar-refractivity contribution in [1.82, 2.24) is 5.32 Å². The van der Waals surface area contributed by atoms with Crippen LogP contribution in [0.4, 0.5) is 0 Å². The monoisotopic (exact) mass is 277 g/mol. The molecule has 2 N–H and O–H groups in total. The molecule has 20 heavy (non-hydrogen) atoms. The van der Waals surface area contributed by atoms with E-state index in [1.165, 1.54) is 0 Å². The van der Waals surface area contributed by atoms with Crippen LogP contribution in [0.2, 0.25) is 0 Å². The van der Waals surface area contributed by atoms with E-state index < -0.39 is 5.41 Å². The van der Waals surface area contributed by atoms with Gasteiger partial charge in [0.05, 0.1) is 12.5 Å². The summed E-state index contributed by atoms with van der Waals surface area (Å²) in [4.78, 5) is 12.4. The van der Waals surface area contributed by atoms with Crippen LogP contribution in [0.15, 0.2) is 18.2 Å². The molecular weight excluding hydrogens is 254 g/mol. The number of carbonyl (C=O) groups is 1. The van der Waals surface area contributed by atoms with Crippen LogP contribution >= 0.6 is 0 Å². The number of methoxy groups -OCH3 is 1. The molecule has 110 valence electrons. The number of hydrogen-bond acceptors (Lipinski definition) is 3. The first-order chi connectivity index (χ1) is 9.53. The van der Waals surface area contributed by atoms with E-state index in [9.17, 15) is 4.79 Å². The Hall–Kier alpha value is -1.55. The molecule has 1 amide bonds. The van der Waals surface area contributed by atoms with Crippen molar-refractivity contribution < 1.29 is 14.6 Å². The zero-order chi connectivity index (χ0) is 14.8. The molecule has 1 aliphatic rings. The first-order valence-corrected chi connectivity index (χ1v) is 7.08. The fourth-order valence-corrected chi connectivity index (χ4v) is 2.39. The second-order valence-corrected chi connectivity index (χ2v) is 5.76. The first-order valence-electron chi connectivity index (χ1n) is 7.08. The van der Waals surface area contributed by atoms with Crippen LogP contribution in [-0.4, -0.2) is 31.3 Å². The van der Waals surface area contributed by atoms with Gasteiger partial charge in [0, 0.05) is 13.2 Å². The highest BCUT2D eigenvalue weighted by Gasteiger charge is 2.51. The maximum absolute atomic E-state index is 12.4. The number of ether oxygens (including phenoxy) is 1. The van der Waals surface area contributed by atoms with Gasteiger partial charge in [0.1, 0.15) is 5.75 Å². The summed E-state index contributed by atoms with van der Waals surface area (Å²) >= 11 is 0. The third-order valence-electron chi connectivity index (χ3n) is 4.07. The van der Waals surface area contributed by atoms with E-state index in [4.69, 9.17) is 9.84 Å². The summed E-state index contributed by atoms with van der Waals surface area (Å²) < 4.78 is 5.34. The molecule has 1 fully saturated rings. The maximum atomic E-state index is 12.4. The molecule has 0 spiro atoms. The van der Waals surface area contributed by atoms with E-state index in [0.29, 0.717) is 6.54 Å². The number of benzene rings is 1. The molecule has 1 unspecified atom stereocenters. The van der Waals surface area contributed by atoms with Gasteiger partial charge in [-0.25, -0.2) is 0 Å². The molecule has 0 heterocycles. The molecular formula is C16H23NO3. The predicted octanol–water partition coefficient (Wildman–Crippen LogP) is 1.78. The molecule has 4 heteroatoms. The molecule has 1 aliphatic carbocycles. The van der Waals surface area contributed by atoms with E-state index in [-0.39, 0.29) is 18.4 Å². The SMILES string of the molecule is COc1cc(C2(C(=O)NCC(C)CO)CC2)ccc1C. The Morgan fingerprint density at radius 3 is 2.75 bits per heavy atom. The van der Waals surface area contributed by atoms with Crippen molar-refractivity contribution in [3.63, 3.8) is 0 Å². The van der Waals surface area contributed by atoms with E-state index in [1.54, 1.807) is 7.11 Å². The van der Waals surface area contributed by atoms with Gasteiger partial charge in [-0.15, -0.1) is 0 Å². The second-order valence-electron chi connectivity index (χ2n) is 5.76. The third kappa shape index (κ3) is 2.80. The highest BCUT2D eigenvalue weighted by molar-refractivity contribution is 5.91. The molecule has 1 aromatic rings. The summed E-state index contributed by atoms with van der Waals surface area (Å²) in [5.41, 5.74) is 1.70. The minimum Gasteiger partial charge on any atom is -0.496 e. The molecule has 0 saturated heterocycles. The third-order valence-corrected chi connectivity index (χ3v) is 4.07. The topological polar surface area (TPSA) is 58.6 Å². The minimum absolute atomic E-state index is 0.0590. The lowest BCUT2D eigenvalue weighted by Gasteiger charge is -2.18. The smallest absolute Gasteiger partial charge is 0.230 e. The Kier molecular flexibility index (Phi) is 4.33. The number of hydrogen-bond donors (Lipinski definition) is 2. The standard InChI is InChI=1S/C16H23NO3/c1-11(10-18)9-17-15(19)16(6-7-16)13-5-4-12(2)14(8-13)20-3/h4-5,8,11,18H,6-7,9-10H2,1-3H3,(H,17,19). The molecule has 1 aromatic carbocycles. The molecule has 1 atom stereocenters. The zero-order valence-electron chi connectivity index (χ0n) is 12.4. The summed E-state index contributed by atoms with van der Waals surface area (Å²) in [5, 5.41) is 12.0. The molecule has 0 bridgehead atoms. The van der Waals surface area contributed by atoms with E-state index in [0.717, 1.165) is 29.7 Å². The molecule has 2 rings (SSSR count). The van der Waals surface area contributed by atoms with Gasteiger partial charge in [-0.2, -0.15) is 0 Å². The number of carbonyl (C=O) groups excluding carboxylic acids is 1. The van der Waals surface area contributed by atoms with Crippen molar-refractivity contribution >= 4 is 5.91 Å². The van der Waals surface area contributed by atoms with Crippen molar-refractivity contribution in [3.05, 3.63) is 29.3 Å². The van der Waals surface area contributed by atoms with E-state index in [2.05, 4.69) is 5.32 Å². The van der Waals surface area contributed by atoms with Crippen LogP contribution in [0.5, 0.6) is 5.75 Å². The lowest BCUT2D eigenvalue weighted by atomic mass is 9.93. The summed E-state index contributed by atoms with van der Waals surface area (Å²) in [6.07, 6.45) is 1.75. The number of aryl methyl sites for hydroxylation is 1.